The van der Waals surface area contributed by atoms with Crippen LogP contribution in [0.15, 0.2) is 72.8 Å². The number of benzene rings is 3. The number of nitrogens with one attached hydrogen (secondary N) is 2. The molecule has 5 nitrogen and oxygen atoms in total. The Bertz CT molecular complexity index is 1170. The molecule has 0 saturated carbocycles. The SMILES string of the molecule is CCN(CC)C(=O)c1ccc([C@H](c2cccc(NCc3ccc(C(C)(C)C)cc3)c2)N2CCNCC2)cc1. The van der Waals surface area contributed by atoms with E-state index in [1.165, 1.54) is 22.3 Å². The second-order valence-electron chi connectivity index (χ2n) is 11.2. The highest BCUT2D eigenvalue weighted by atomic mass is 16.2. The fourth-order valence-corrected chi connectivity index (χ4v) is 5.20. The lowest BCUT2D eigenvalue weighted by Crippen LogP contribution is -2.45. The first-order chi connectivity index (χ1) is 18.3. The van der Waals surface area contributed by atoms with Crippen LogP contribution in [-0.4, -0.2) is 55.0 Å². The fraction of sp³-hybridized carbons (Fsp3) is 0.424. The van der Waals surface area contributed by atoms with E-state index in [0.29, 0.717) is 0 Å². The number of piperazine rings is 1. The molecule has 3 aromatic rings. The van der Waals surface area contributed by atoms with E-state index in [4.69, 9.17) is 0 Å². The molecule has 1 amide bonds. The zero-order valence-corrected chi connectivity index (χ0v) is 23.8. The summed E-state index contributed by atoms with van der Waals surface area (Å²) in [4.78, 5) is 17.3. The normalized spacial score (nSPS) is 15.2. The maximum absolute atomic E-state index is 12.9. The Labute approximate surface area is 229 Å². The molecule has 3 aromatic carbocycles. The van der Waals surface area contributed by atoms with E-state index in [-0.39, 0.29) is 17.4 Å². The molecule has 0 spiro atoms. The van der Waals surface area contributed by atoms with Gasteiger partial charge in [-0.2, -0.15) is 0 Å². The van der Waals surface area contributed by atoms with Crippen LogP contribution in [0.2, 0.25) is 0 Å². The molecule has 1 aliphatic rings. The quantitative estimate of drug-likeness (QED) is 0.365. The van der Waals surface area contributed by atoms with Gasteiger partial charge in [-0.3, -0.25) is 9.69 Å². The highest BCUT2D eigenvalue weighted by Crippen LogP contribution is 2.31. The van der Waals surface area contributed by atoms with E-state index >= 15 is 0 Å². The van der Waals surface area contributed by atoms with Crippen molar-refractivity contribution in [2.75, 3.05) is 44.6 Å². The van der Waals surface area contributed by atoms with E-state index < -0.39 is 0 Å². The van der Waals surface area contributed by atoms with Crippen molar-refractivity contribution in [2.45, 2.75) is 52.6 Å². The molecule has 202 valence electrons. The van der Waals surface area contributed by atoms with E-state index in [1.807, 2.05) is 30.9 Å². The van der Waals surface area contributed by atoms with Gasteiger partial charge in [-0.15, -0.1) is 0 Å². The van der Waals surface area contributed by atoms with Crippen molar-refractivity contribution in [1.82, 2.24) is 15.1 Å². The summed E-state index contributed by atoms with van der Waals surface area (Å²) in [6.07, 6.45) is 0. The van der Waals surface area contributed by atoms with Crippen LogP contribution in [0, 0.1) is 0 Å². The Morgan fingerprint density at radius 3 is 2.18 bits per heavy atom. The van der Waals surface area contributed by atoms with Crippen LogP contribution < -0.4 is 10.6 Å². The van der Waals surface area contributed by atoms with Crippen molar-refractivity contribution in [1.29, 1.82) is 0 Å². The maximum atomic E-state index is 12.9. The monoisotopic (exact) mass is 512 g/mol. The summed E-state index contributed by atoms with van der Waals surface area (Å²) < 4.78 is 0. The second-order valence-corrected chi connectivity index (χ2v) is 11.2. The molecule has 1 aliphatic heterocycles. The Morgan fingerprint density at radius 2 is 1.58 bits per heavy atom. The molecule has 0 aromatic heterocycles. The van der Waals surface area contributed by atoms with Crippen molar-refractivity contribution < 1.29 is 4.79 Å². The Kier molecular flexibility index (Phi) is 9.24. The minimum absolute atomic E-state index is 0.0991. The molecule has 0 aliphatic carbocycles. The summed E-state index contributed by atoms with van der Waals surface area (Å²) >= 11 is 0. The van der Waals surface area contributed by atoms with Crippen LogP contribution in [-0.2, 0) is 12.0 Å². The molecule has 2 N–H and O–H groups in total. The first-order valence-electron chi connectivity index (χ1n) is 14.1. The maximum Gasteiger partial charge on any atom is 0.253 e. The Balaban J connectivity index is 1.55. The minimum Gasteiger partial charge on any atom is -0.381 e. The molecule has 1 atom stereocenters. The lowest BCUT2D eigenvalue weighted by atomic mass is 9.87. The van der Waals surface area contributed by atoms with E-state index in [0.717, 1.165) is 57.1 Å². The lowest BCUT2D eigenvalue weighted by Gasteiger charge is -2.36. The van der Waals surface area contributed by atoms with Gasteiger partial charge in [0, 0.05) is 57.1 Å². The van der Waals surface area contributed by atoms with Gasteiger partial charge in [0.1, 0.15) is 0 Å². The van der Waals surface area contributed by atoms with Gasteiger partial charge < -0.3 is 15.5 Å². The molecular formula is C33H44N4O. The molecule has 1 saturated heterocycles. The first-order valence-corrected chi connectivity index (χ1v) is 14.1. The van der Waals surface area contributed by atoms with Crippen LogP contribution in [0.5, 0.6) is 0 Å². The van der Waals surface area contributed by atoms with Crippen LogP contribution in [0.4, 0.5) is 5.69 Å². The Hall–Kier alpha value is -3.15. The summed E-state index contributed by atoms with van der Waals surface area (Å²) in [6.45, 7) is 17.0. The molecule has 4 rings (SSSR count). The number of carbonyl (C=O) groups excluding carboxylic acids is 1. The van der Waals surface area contributed by atoms with Crippen molar-refractivity contribution >= 4 is 11.6 Å². The molecule has 0 radical (unpaired) electrons. The van der Waals surface area contributed by atoms with Crippen molar-refractivity contribution in [2.24, 2.45) is 0 Å². The molecule has 0 unspecified atom stereocenters. The van der Waals surface area contributed by atoms with Gasteiger partial charge in [0.25, 0.3) is 5.91 Å². The van der Waals surface area contributed by atoms with Crippen molar-refractivity contribution in [3.63, 3.8) is 0 Å². The molecule has 0 bridgehead atoms. The molecule has 38 heavy (non-hydrogen) atoms. The van der Waals surface area contributed by atoms with E-state index in [2.05, 4.69) is 97.0 Å². The summed E-state index contributed by atoms with van der Waals surface area (Å²) in [5.41, 5.74) is 7.15. The number of carbonyl (C=O) groups is 1. The third-order valence-electron chi connectivity index (χ3n) is 7.56. The summed E-state index contributed by atoms with van der Waals surface area (Å²) in [5, 5.41) is 7.12. The largest absolute Gasteiger partial charge is 0.381 e. The number of hydrogen-bond acceptors (Lipinski definition) is 4. The number of hydrogen-bond donors (Lipinski definition) is 2. The predicted molar refractivity (Wildman–Crippen MR) is 159 cm³/mol. The molecule has 5 heteroatoms. The summed E-state index contributed by atoms with van der Waals surface area (Å²) in [6, 6.07) is 26.1. The first kappa shape index (κ1) is 27.9. The standard InChI is InChI=1S/C33H44N4O/c1-6-36(7-2)32(38)27-15-13-26(14-16-27)31(37-21-19-34-20-22-37)28-9-8-10-30(23-28)35-24-25-11-17-29(18-12-25)33(3,4)5/h8-18,23,31,34-35H,6-7,19-22,24H2,1-5H3/t31-/m1/s1. The molecule has 1 fully saturated rings. The van der Waals surface area contributed by atoms with Gasteiger partial charge in [-0.05, 0) is 65.8 Å². The topological polar surface area (TPSA) is 47.6 Å². The third kappa shape index (κ3) is 6.83. The van der Waals surface area contributed by atoms with Crippen LogP contribution >= 0.6 is 0 Å². The number of nitrogens with zero attached hydrogens (tertiary/aromatic N) is 2. The van der Waals surface area contributed by atoms with Gasteiger partial charge in [0.05, 0.1) is 6.04 Å². The second kappa shape index (κ2) is 12.6. The van der Waals surface area contributed by atoms with Gasteiger partial charge in [-0.25, -0.2) is 0 Å². The number of amides is 1. The van der Waals surface area contributed by atoms with Crippen LogP contribution in [0.25, 0.3) is 0 Å². The summed E-state index contributed by atoms with van der Waals surface area (Å²) in [7, 11) is 0. The zero-order chi connectivity index (χ0) is 27.1. The van der Waals surface area contributed by atoms with Crippen molar-refractivity contribution in [3.8, 4) is 0 Å². The predicted octanol–water partition coefficient (Wildman–Crippen LogP) is 6.07. The minimum atomic E-state index is 0.0991. The van der Waals surface area contributed by atoms with E-state index in [9.17, 15) is 4.79 Å². The van der Waals surface area contributed by atoms with Gasteiger partial charge >= 0.3 is 0 Å². The fourth-order valence-electron chi connectivity index (χ4n) is 5.20. The number of rotatable bonds is 9. The van der Waals surface area contributed by atoms with Gasteiger partial charge in [0.15, 0.2) is 0 Å². The smallest absolute Gasteiger partial charge is 0.253 e. The summed E-state index contributed by atoms with van der Waals surface area (Å²) in [5.74, 6) is 0.0991. The lowest BCUT2D eigenvalue weighted by molar-refractivity contribution is 0.0773. The van der Waals surface area contributed by atoms with Gasteiger partial charge in [-0.1, -0.05) is 69.3 Å². The van der Waals surface area contributed by atoms with Crippen LogP contribution in [0.1, 0.15) is 73.3 Å². The van der Waals surface area contributed by atoms with Gasteiger partial charge in [0.2, 0.25) is 0 Å². The average Bonchev–Trinajstić information content (AvgIpc) is 2.94. The number of anilines is 1. The highest BCUT2D eigenvalue weighted by molar-refractivity contribution is 5.94. The average molecular weight is 513 g/mol. The van der Waals surface area contributed by atoms with E-state index in [1.54, 1.807) is 0 Å². The highest BCUT2D eigenvalue weighted by Gasteiger charge is 2.25. The van der Waals surface area contributed by atoms with Crippen molar-refractivity contribution in [3.05, 3.63) is 101 Å². The third-order valence-corrected chi connectivity index (χ3v) is 7.56. The molecule has 1 heterocycles. The Morgan fingerprint density at radius 1 is 0.921 bits per heavy atom. The molecular weight excluding hydrogens is 468 g/mol. The van der Waals surface area contributed by atoms with Crippen LogP contribution in [0.3, 0.4) is 0 Å². The zero-order valence-electron chi connectivity index (χ0n) is 23.8.